The van der Waals surface area contributed by atoms with E-state index in [4.69, 9.17) is 4.74 Å². The lowest BCUT2D eigenvalue weighted by atomic mass is 9.82. The molecule has 2 aliphatic heterocycles. The summed E-state index contributed by atoms with van der Waals surface area (Å²) in [7, 11) is 1.72. The topological polar surface area (TPSA) is 49.9 Å². The van der Waals surface area contributed by atoms with Gasteiger partial charge in [0.15, 0.2) is 0 Å². The summed E-state index contributed by atoms with van der Waals surface area (Å²) < 4.78 is 5.84. The molecule has 1 saturated heterocycles. The van der Waals surface area contributed by atoms with E-state index in [1.54, 1.807) is 11.9 Å². The molecule has 0 radical (unpaired) electrons. The molecular weight excluding hydrogens is 316 g/mol. The zero-order valence-corrected chi connectivity index (χ0v) is 14.1. The van der Waals surface area contributed by atoms with Crippen molar-refractivity contribution in [1.82, 2.24) is 4.90 Å². The number of rotatable bonds is 1. The Balaban J connectivity index is 1.58. The van der Waals surface area contributed by atoms with Crippen LogP contribution in [0.1, 0.15) is 28.8 Å². The number of ether oxygens (including phenoxy) is 1. The average Bonchev–Trinajstić information content (AvgIpc) is 2.67. The first kappa shape index (κ1) is 15.7. The van der Waals surface area contributed by atoms with Gasteiger partial charge in [-0.2, -0.15) is 0 Å². The quantitative estimate of drug-likeness (QED) is 0.802. The fourth-order valence-electron chi connectivity index (χ4n) is 3.75. The Morgan fingerprint density at radius 1 is 1.00 bits per heavy atom. The maximum atomic E-state index is 12.6. The molecule has 0 aliphatic carbocycles. The molecule has 1 spiro atoms. The predicted molar refractivity (Wildman–Crippen MR) is 94.6 cm³/mol. The van der Waals surface area contributed by atoms with Crippen molar-refractivity contribution in [2.75, 3.05) is 25.0 Å². The van der Waals surface area contributed by atoms with Crippen molar-refractivity contribution in [3.05, 3.63) is 65.7 Å². The molecule has 1 fully saturated rings. The van der Waals surface area contributed by atoms with Crippen molar-refractivity contribution in [1.29, 1.82) is 0 Å². The van der Waals surface area contributed by atoms with Crippen LogP contribution in [0.25, 0.3) is 0 Å². The molecule has 25 heavy (non-hydrogen) atoms. The first-order valence-corrected chi connectivity index (χ1v) is 8.51. The van der Waals surface area contributed by atoms with Crippen LogP contribution in [0.5, 0.6) is 0 Å². The molecule has 2 aromatic rings. The fraction of sp³-hybridized carbons (Fsp3) is 0.300. The van der Waals surface area contributed by atoms with Crippen molar-refractivity contribution in [2.24, 2.45) is 0 Å². The van der Waals surface area contributed by atoms with Crippen molar-refractivity contribution in [3.63, 3.8) is 0 Å². The van der Waals surface area contributed by atoms with Gasteiger partial charge >= 0.3 is 6.09 Å². The third kappa shape index (κ3) is 2.56. The van der Waals surface area contributed by atoms with Gasteiger partial charge < -0.3 is 9.64 Å². The van der Waals surface area contributed by atoms with Crippen molar-refractivity contribution < 1.29 is 14.3 Å². The summed E-state index contributed by atoms with van der Waals surface area (Å²) in [6.45, 7) is 1.14. The highest BCUT2D eigenvalue weighted by Crippen LogP contribution is 2.45. The highest BCUT2D eigenvalue weighted by atomic mass is 16.6. The molecule has 2 aliphatic rings. The summed E-state index contributed by atoms with van der Waals surface area (Å²) >= 11 is 0. The highest BCUT2D eigenvalue weighted by Gasteiger charge is 2.46. The normalized spacial score (nSPS) is 18.7. The maximum Gasteiger partial charge on any atom is 0.414 e. The molecule has 128 valence electrons. The lowest BCUT2D eigenvalue weighted by molar-refractivity contribution is -0.0367. The number of fused-ring (bicyclic) bond motifs is 2. The third-order valence-electron chi connectivity index (χ3n) is 5.19. The van der Waals surface area contributed by atoms with Crippen LogP contribution in [0, 0.1) is 0 Å². The molecule has 2 amide bonds. The zero-order valence-electron chi connectivity index (χ0n) is 14.1. The number of hydrogen-bond donors (Lipinski definition) is 0. The number of carbonyl (C=O) groups excluding carboxylic acids is 2. The van der Waals surface area contributed by atoms with Crippen LogP contribution < -0.4 is 4.90 Å². The molecule has 0 N–H and O–H groups in total. The molecule has 5 heteroatoms. The fourth-order valence-corrected chi connectivity index (χ4v) is 3.75. The standard InChI is InChI=1S/C20H20N2O3/c1-21-17-10-6-5-9-16(17)20(25-19(21)24)11-13-22(14-12-20)18(23)15-7-3-2-4-8-15/h2-10H,11-14H2,1H3. The molecule has 0 atom stereocenters. The summed E-state index contributed by atoms with van der Waals surface area (Å²) in [5.41, 5.74) is 1.98. The highest BCUT2D eigenvalue weighted by molar-refractivity contribution is 5.94. The van der Waals surface area contributed by atoms with Gasteiger partial charge in [0.05, 0.1) is 5.69 Å². The minimum atomic E-state index is -0.631. The molecule has 0 saturated carbocycles. The van der Waals surface area contributed by atoms with E-state index < -0.39 is 5.60 Å². The molecule has 0 bridgehead atoms. The van der Waals surface area contributed by atoms with E-state index in [2.05, 4.69) is 0 Å². The summed E-state index contributed by atoms with van der Waals surface area (Å²) in [5.74, 6) is 0.0305. The number of hydrogen-bond acceptors (Lipinski definition) is 3. The van der Waals surface area contributed by atoms with Gasteiger partial charge in [-0.3, -0.25) is 9.69 Å². The average molecular weight is 336 g/mol. The van der Waals surface area contributed by atoms with Gasteiger partial charge in [-0.1, -0.05) is 36.4 Å². The lowest BCUT2D eigenvalue weighted by Gasteiger charge is -2.46. The Bertz CT molecular complexity index is 811. The number of likely N-dealkylation sites (tertiary alicyclic amines) is 1. The monoisotopic (exact) mass is 336 g/mol. The Hall–Kier alpha value is -2.82. The summed E-state index contributed by atoms with van der Waals surface area (Å²) in [6.07, 6.45) is 0.895. The predicted octanol–water partition coefficient (Wildman–Crippen LogP) is 3.40. The Labute approximate surface area is 146 Å². The SMILES string of the molecule is CN1C(=O)OC2(CCN(C(=O)c3ccccc3)CC2)c2ccccc21. The minimum Gasteiger partial charge on any atom is -0.437 e. The van der Waals surface area contributed by atoms with Crippen LogP contribution in [0.2, 0.25) is 0 Å². The van der Waals surface area contributed by atoms with Crippen molar-refractivity contribution in [3.8, 4) is 0 Å². The van der Waals surface area contributed by atoms with Crippen LogP contribution in [-0.4, -0.2) is 37.0 Å². The van der Waals surface area contributed by atoms with Crippen molar-refractivity contribution in [2.45, 2.75) is 18.4 Å². The minimum absolute atomic E-state index is 0.0305. The second-order valence-electron chi connectivity index (χ2n) is 6.60. The largest absolute Gasteiger partial charge is 0.437 e. The van der Waals surface area contributed by atoms with E-state index in [1.807, 2.05) is 59.5 Å². The Morgan fingerprint density at radius 2 is 1.64 bits per heavy atom. The second-order valence-corrected chi connectivity index (χ2v) is 6.60. The van der Waals surface area contributed by atoms with Gasteiger partial charge in [-0.15, -0.1) is 0 Å². The first-order valence-electron chi connectivity index (χ1n) is 8.51. The van der Waals surface area contributed by atoms with Crippen LogP contribution >= 0.6 is 0 Å². The van der Waals surface area contributed by atoms with Crippen LogP contribution in [-0.2, 0) is 10.3 Å². The Kier molecular flexibility index (Phi) is 3.71. The van der Waals surface area contributed by atoms with Crippen LogP contribution in [0.4, 0.5) is 10.5 Å². The molecule has 2 heterocycles. The summed E-state index contributed by atoms with van der Waals surface area (Å²) in [5, 5.41) is 0. The number of nitrogens with zero attached hydrogens (tertiary/aromatic N) is 2. The number of amides is 2. The molecule has 0 unspecified atom stereocenters. The third-order valence-corrected chi connectivity index (χ3v) is 5.19. The van der Waals surface area contributed by atoms with Crippen LogP contribution in [0.15, 0.2) is 54.6 Å². The lowest BCUT2D eigenvalue weighted by Crippen LogP contribution is -2.51. The van der Waals surface area contributed by atoms with E-state index >= 15 is 0 Å². The summed E-state index contributed by atoms with van der Waals surface area (Å²) in [6, 6.07) is 17.2. The van der Waals surface area contributed by atoms with Gasteiger partial charge in [0.2, 0.25) is 0 Å². The van der Waals surface area contributed by atoms with Gasteiger partial charge in [-0.25, -0.2) is 4.79 Å². The number of carbonyl (C=O) groups is 2. The smallest absolute Gasteiger partial charge is 0.414 e. The van der Waals surface area contributed by atoms with E-state index in [9.17, 15) is 9.59 Å². The zero-order chi connectivity index (χ0) is 17.4. The number of anilines is 1. The van der Waals surface area contributed by atoms with Crippen molar-refractivity contribution >= 4 is 17.7 Å². The number of piperidine rings is 1. The Morgan fingerprint density at radius 3 is 2.36 bits per heavy atom. The number of benzene rings is 2. The number of para-hydroxylation sites is 1. The first-order chi connectivity index (χ1) is 12.1. The molecule has 4 rings (SSSR count). The van der Waals surface area contributed by atoms with Gasteiger partial charge in [0.1, 0.15) is 5.60 Å². The maximum absolute atomic E-state index is 12.6. The van der Waals surface area contributed by atoms with Gasteiger partial charge in [-0.05, 0) is 18.2 Å². The molecular formula is C20H20N2O3. The second kappa shape index (κ2) is 5.92. The van der Waals surface area contributed by atoms with E-state index in [0.717, 1.165) is 11.3 Å². The van der Waals surface area contributed by atoms with Gasteiger partial charge in [0, 0.05) is 44.1 Å². The summed E-state index contributed by atoms with van der Waals surface area (Å²) in [4.78, 5) is 28.3. The van der Waals surface area contributed by atoms with Gasteiger partial charge in [0.25, 0.3) is 5.91 Å². The molecule has 0 aromatic heterocycles. The molecule has 5 nitrogen and oxygen atoms in total. The van der Waals surface area contributed by atoms with E-state index in [1.165, 1.54) is 0 Å². The molecule has 2 aromatic carbocycles. The van der Waals surface area contributed by atoms with E-state index in [0.29, 0.717) is 31.5 Å². The van der Waals surface area contributed by atoms with E-state index in [-0.39, 0.29) is 12.0 Å². The van der Waals surface area contributed by atoms with Crippen LogP contribution in [0.3, 0.4) is 0 Å².